The van der Waals surface area contributed by atoms with Gasteiger partial charge in [-0.2, -0.15) is 5.10 Å². The summed E-state index contributed by atoms with van der Waals surface area (Å²) < 4.78 is 28.6. The lowest BCUT2D eigenvalue weighted by atomic mass is 10.1. The summed E-state index contributed by atoms with van der Waals surface area (Å²) in [5.41, 5.74) is 0. The van der Waals surface area contributed by atoms with Crippen molar-refractivity contribution in [1.29, 1.82) is 0 Å². The lowest BCUT2D eigenvalue weighted by molar-refractivity contribution is 0.248. The van der Waals surface area contributed by atoms with E-state index in [1.807, 2.05) is 6.92 Å². The van der Waals surface area contributed by atoms with Gasteiger partial charge in [0.15, 0.2) is 0 Å². The predicted molar refractivity (Wildman–Crippen MR) is 68.7 cm³/mol. The van der Waals surface area contributed by atoms with Crippen LogP contribution in [0.3, 0.4) is 0 Å². The molecule has 1 aromatic rings. The number of rotatable bonds is 4. The molecular weight excluding hydrogens is 252 g/mol. The molecule has 0 saturated carbocycles. The normalized spacial score (nSPS) is 19.2. The molecule has 6 nitrogen and oxygen atoms in total. The van der Waals surface area contributed by atoms with Crippen molar-refractivity contribution in [3.8, 4) is 0 Å². The third-order valence-electron chi connectivity index (χ3n) is 3.28. The highest BCUT2D eigenvalue weighted by molar-refractivity contribution is 7.89. The molecule has 1 aromatic heterocycles. The van der Waals surface area contributed by atoms with Crippen LogP contribution in [0.15, 0.2) is 17.3 Å². The summed E-state index contributed by atoms with van der Waals surface area (Å²) in [6.07, 6.45) is 4.69. The second-order valence-electron chi connectivity index (χ2n) is 4.73. The molecule has 1 N–H and O–H groups in total. The Morgan fingerprint density at radius 1 is 1.44 bits per heavy atom. The minimum atomic E-state index is -3.42. The fraction of sp³-hybridized carbons (Fsp3) is 0.727. The molecule has 2 heterocycles. The molecule has 7 heteroatoms. The van der Waals surface area contributed by atoms with Crippen molar-refractivity contribution in [3.63, 3.8) is 0 Å². The van der Waals surface area contributed by atoms with Crippen LogP contribution in [0.5, 0.6) is 0 Å². The summed E-state index contributed by atoms with van der Waals surface area (Å²) in [6.45, 7) is 4.46. The van der Waals surface area contributed by atoms with Crippen LogP contribution < -0.4 is 4.72 Å². The van der Waals surface area contributed by atoms with Gasteiger partial charge >= 0.3 is 0 Å². The Bertz CT molecular complexity index is 489. The van der Waals surface area contributed by atoms with E-state index in [0.29, 0.717) is 6.54 Å². The number of likely N-dealkylation sites (tertiary alicyclic amines) is 1. The third kappa shape index (κ3) is 3.09. The first-order valence-electron chi connectivity index (χ1n) is 6.24. The van der Waals surface area contributed by atoms with E-state index >= 15 is 0 Å². The van der Waals surface area contributed by atoms with Gasteiger partial charge in [-0.25, -0.2) is 13.1 Å². The van der Waals surface area contributed by atoms with Crippen molar-refractivity contribution in [2.24, 2.45) is 0 Å². The smallest absolute Gasteiger partial charge is 0.243 e. The average Bonchev–Trinajstić information content (AvgIpc) is 2.81. The Hall–Kier alpha value is -0.920. The Kier molecular flexibility index (Phi) is 4.04. The van der Waals surface area contributed by atoms with E-state index in [2.05, 4.69) is 21.8 Å². The summed E-state index contributed by atoms with van der Waals surface area (Å²) in [5, 5.41) is 4.00. The molecule has 0 bridgehead atoms. The molecule has 18 heavy (non-hydrogen) atoms. The highest BCUT2D eigenvalue weighted by atomic mass is 32.2. The fourth-order valence-electron chi connectivity index (χ4n) is 2.07. The maximum atomic E-state index is 12.1. The molecule has 0 amide bonds. The lowest BCUT2D eigenvalue weighted by Crippen LogP contribution is -2.43. The number of nitrogens with one attached hydrogen (secondary N) is 1. The number of hydrogen-bond acceptors (Lipinski definition) is 4. The number of aromatic nitrogens is 2. The molecule has 0 atom stereocenters. The van der Waals surface area contributed by atoms with Gasteiger partial charge in [-0.15, -0.1) is 0 Å². The molecule has 0 unspecified atom stereocenters. The zero-order chi connectivity index (χ0) is 13.2. The van der Waals surface area contributed by atoms with E-state index in [1.54, 1.807) is 10.9 Å². The van der Waals surface area contributed by atoms with Gasteiger partial charge in [0.25, 0.3) is 0 Å². The second kappa shape index (κ2) is 5.38. The summed E-state index contributed by atoms with van der Waals surface area (Å²) in [6, 6.07) is 0.0381. The molecule has 0 aliphatic carbocycles. The zero-order valence-corrected chi connectivity index (χ0v) is 11.7. The minimum Gasteiger partial charge on any atom is -0.306 e. The fourth-order valence-corrected chi connectivity index (χ4v) is 3.33. The molecule has 1 aliphatic rings. The van der Waals surface area contributed by atoms with Crippen molar-refractivity contribution in [2.45, 2.75) is 37.2 Å². The van der Waals surface area contributed by atoms with Crippen LogP contribution in [-0.4, -0.2) is 49.3 Å². The third-order valence-corrected chi connectivity index (χ3v) is 4.76. The van der Waals surface area contributed by atoms with Gasteiger partial charge in [-0.05, 0) is 39.9 Å². The second-order valence-corrected chi connectivity index (χ2v) is 6.44. The first-order valence-corrected chi connectivity index (χ1v) is 7.73. The van der Waals surface area contributed by atoms with Crippen molar-refractivity contribution in [1.82, 2.24) is 19.4 Å². The molecule has 102 valence electrons. The maximum Gasteiger partial charge on any atom is 0.243 e. The maximum absolute atomic E-state index is 12.1. The van der Waals surface area contributed by atoms with E-state index in [4.69, 9.17) is 0 Å². The summed E-state index contributed by atoms with van der Waals surface area (Å²) in [5.74, 6) is 0. The van der Waals surface area contributed by atoms with Crippen LogP contribution in [0.2, 0.25) is 0 Å². The van der Waals surface area contributed by atoms with E-state index in [-0.39, 0.29) is 10.9 Å². The minimum absolute atomic E-state index is 0.0381. The first-order chi connectivity index (χ1) is 8.51. The number of hydrogen-bond donors (Lipinski definition) is 1. The highest BCUT2D eigenvalue weighted by Crippen LogP contribution is 2.13. The van der Waals surface area contributed by atoms with Crippen LogP contribution in [0.25, 0.3) is 0 Å². The number of sulfonamides is 1. The van der Waals surface area contributed by atoms with Gasteiger partial charge in [0.1, 0.15) is 4.90 Å². The molecule has 1 fully saturated rings. The highest BCUT2D eigenvalue weighted by Gasteiger charge is 2.24. The van der Waals surface area contributed by atoms with Gasteiger partial charge in [-0.1, -0.05) is 0 Å². The molecular formula is C11H20N4O2S. The topological polar surface area (TPSA) is 67.2 Å². The van der Waals surface area contributed by atoms with Crippen LogP contribution in [0.1, 0.15) is 19.8 Å². The first kappa shape index (κ1) is 13.5. The van der Waals surface area contributed by atoms with Crippen LogP contribution in [0.4, 0.5) is 0 Å². The van der Waals surface area contributed by atoms with Gasteiger partial charge in [-0.3, -0.25) is 4.68 Å². The van der Waals surface area contributed by atoms with Gasteiger partial charge in [0, 0.05) is 18.8 Å². The van der Waals surface area contributed by atoms with Crippen LogP contribution in [-0.2, 0) is 16.6 Å². The van der Waals surface area contributed by atoms with Crippen molar-refractivity contribution < 1.29 is 8.42 Å². The Labute approximate surface area is 108 Å². The quantitative estimate of drug-likeness (QED) is 0.854. The van der Waals surface area contributed by atoms with E-state index in [1.165, 1.54) is 6.20 Å². The monoisotopic (exact) mass is 272 g/mol. The Morgan fingerprint density at radius 2 is 2.11 bits per heavy atom. The number of nitrogens with zero attached hydrogens (tertiary/aromatic N) is 3. The molecule has 0 spiro atoms. The number of aryl methyl sites for hydroxylation is 1. The summed E-state index contributed by atoms with van der Waals surface area (Å²) in [4.78, 5) is 2.46. The van der Waals surface area contributed by atoms with Crippen LogP contribution in [0, 0.1) is 0 Å². The van der Waals surface area contributed by atoms with E-state index in [9.17, 15) is 8.42 Å². The zero-order valence-electron chi connectivity index (χ0n) is 10.8. The summed E-state index contributed by atoms with van der Waals surface area (Å²) >= 11 is 0. The van der Waals surface area contributed by atoms with Gasteiger partial charge in [0.05, 0.1) is 6.20 Å². The standard InChI is InChI=1S/C11H20N4O2S/c1-3-15-9-11(8-12-15)18(16,17)13-10-4-6-14(2)7-5-10/h8-10,13H,3-7H2,1-2H3. The molecule has 1 aliphatic heterocycles. The average molecular weight is 272 g/mol. The van der Waals surface area contributed by atoms with Crippen LogP contribution >= 0.6 is 0 Å². The Balaban J connectivity index is 2.03. The predicted octanol–water partition coefficient (Wildman–Crippen LogP) is 0.275. The van der Waals surface area contributed by atoms with Crippen molar-refractivity contribution >= 4 is 10.0 Å². The SMILES string of the molecule is CCn1cc(S(=O)(=O)NC2CCN(C)CC2)cn1. The summed E-state index contributed by atoms with van der Waals surface area (Å²) in [7, 11) is -1.37. The van der Waals surface area contributed by atoms with Crippen molar-refractivity contribution in [2.75, 3.05) is 20.1 Å². The molecule has 2 rings (SSSR count). The van der Waals surface area contributed by atoms with E-state index < -0.39 is 10.0 Å². The van der Waals surface area contributed by atoms with Crippen molar-refractivity contribution in [3.05, 3.63) is 12.4 Å². The van der Waals surface area contributed by atoms with E-state index in [0.717, 1.165) is 25.9 Å². The largest absolute Gasteiger partial charge is 0.306 e. The molecule has 0 aromatic carbocycles. The Morgan fingerprint density at radius 3 is 2.67 bits per heavy atom. The molecule has 1 saturated heterocycles. The lowest BCUT2D eigenvalue weighted by Gasteiger charge is -2.29. The molecule has 0 radical (unpaired) electrons. The van der Waals surface area contributed by atoms with Gasteiger partial charge in [0.2, 0.25) is 10.0 Å². The van der Waals surface area contributed by atoms with Gasteiger partial charge < -0.3 is 4.90 Å². The number of piperidine rings is 1.